The number of sulfonamides is 1. The maximum absolute atomic E-state index is 13.1. The van der Waals surface area contributed by atoms with Gasteiger partial charge in [-0.2, -0.15) is 4.31 Å². The Kier molecular flexibility index (Phi) is 6.73. The summed E-state index contributed by atoms with van der Waals surface area (Å²) in [4.78, 5) is 14.9. The van der Waals surface area contributed by atoms with Gasteiger partial charge >= 0.3 is 0 Å². The first-order valence-corrected chi connectivity index (χ1v) is 11.7. The van der Waals surface area contributed by atoms with E-state index in [1.54, 1.807) is 12.1 Å². The Labute approximate surface area is 168 Å². The Bertz CT molecular complexity index is 918. The van der Waals surface area contributed by atoms with Gasteiger partial charge in [0.15, 0.2) is 0 Å². The highest BCUT2D eigenvalue weighted by Crippen LogP contribution is 2.24. The Morgan fingerprint density at radius 2 is 1.68 bits per heavy atom. The van der Waals surface area contributed by atoms with Gasteiger partial charge in [-0.25, -0.2) is 8.42 Å². The largest absolute Gasteiger partial charge is 0.340 e. The van der Waals surface area contributed by atoms with Gasteiger partial charge in [0.2, 0.25) is 15.9 Å². The highest BCUT2D eigenvalue weighted by Gasteiger charge is 2.32. The van der Waals surface area contributed by atoms with Crippen molar-refractivity contribution in [3.05, 3.63) is 42.5 Å². The third kappa shape index (κ3) is 4.39. The van der Waals surface area contributed by atoms with Crippen LogP contribution in [0.5, 0.6) is 0 Å². The number of piperazine rings is 1. The smallest absolute Gasteiger partial charge is 0.243 e. The molecule has 1 heterocycles. The number of amides is 1. The highest BCUT2D eigenvalue weighted by atomic mass is 32.2. The van der Waals surface area contributed by atoms with Crippen LogP contribution in [0.4, 0.5) is 0 Å². The summed E-state index contributed by atoms with van der Waals surface area (Å²) in [5.41, 5.74) is 0. The zero-order valence-electron chi connectivity index (χ0n) is 16.8. The molecule has 0 radical (unpaired) electrons. The van der Waals surface area contributed by atoms with Crippen LogP contribution in [-0.4, -0.2) is 49.7 Å². The van der Waals surface area contributed by atoms with Crippen molar-refractivity contribution >= 4 is 26.7 Å². The van der Waals surface area contributed by atoms with E-state index in [1.807, 2.05) is 35.2 Å². The number of benzene rings is 2. The van der Waals surface area contributed by atoms with Gasteiger partial charge in [-0.15, -0.1) is 0 Å². The molecule has 1 atom stereocenters. The molecule has 1 saturated heterocycles. The van der Waals surface area contributed by atoms with E-state index in [0.717, 1.165) is 36.5 Å². The molecule has 28 heavy (non-hydrogen) atoms. The minimum absolute atomic E-state index is 0.0589. The zero-order valence-corrected chi connectivity index (χ0v) is 17.6. The second-order valence-electron chi connectivity index (χ2n) is 7.49. The van der Waals surface area contributed by atoms with E-state index in [2.05, 4.69) is 13.8 Å². The third-order valence-corrected chi connectivity index (χ3v) is 7.55. The van der Waals surface area contributed by atoms with Crippen LogP contribution in [0, 0.1) is 5.92 Å². The first-order chi connectivity index (χ1) is 13.5. The van der Waals surface area contributed by atoms with Crippen molar-refractivity contribution in [2.75, 3.05) is 26.2 Å². The van der Waals surface area contributed by atoms with E-state index in [4.69, 9.17) is 0 Å². The standard InChI is InChI=1S/C22H30N2O3S/c1-3-5-8-18(4-2)22(25)23-13-15-24(16-14-23)28(26,27)21-12-11-19-9-6-7-10-20(19)17-21/h6-7,9-12,17-18H,3-5,8,13-16H2,1-2H3. The highest BCUT2D eigenvalue weighted by molar-refractivity contribution is 7.89. The van der Waals surface area contributed by atoms with Gasteiger partial charge in [-0.3, -0.25) is 4.79 Å². The van der Waals surface area contributed by atoms with Crippen LogP contribution >= 0.6 is 0 Å². The summed E-state index contributed by atoms with van der Waals surface area (Å²) in [7, 11) is -3.55. The molecular weight excluding hydrogens is 372 g/mol. The molecule has 3 rings (SSSR count). The molecule has 152 valence electrons. The number of carbonyl (C=O) groups excluding carboxylic acids is 1. The molecule has 1 fully saturated rings. The molecule has 1 unspecified atom stereocenters. The van der Waals surface area contributed by atoms with Crippen molar-refractivity contribution in [2.24, 2.45) is 5.92 Å². The lowest BCUT2D eigenvalue weighted by Gasteiger charge is -2.35. The normalized spacial score (nSPS) is 17.0. The third-order valence-electron chi connectivity index (χ3n) is 5.66. The quantitative estimate of drug-likeness (QED) is 0.706. The number of fused-ring (bicyclic) bond motifs is 1. The molecule has 2 aromatic carbocycles. The number of rotatable bonds is 7. The molecule has 5 nitrogen and oxygen atoms in total. The van der Waals surface area contributed by atoms with E-state index in [0.29, 0.717) is 31.1 Å². The molecule has 0 bridgehead atoms. The summed E-state index contributed by atoms with van der Waals surface area (Å²) in [5.74, 6) is 0.238. The molecule has 0 saturated carbocycles. The molecule has 1 amide bonds. The molecule has 0 spiro atoms. The van der Waals surface area contributed by atoms with Crippen molar-refractivity contribution < 1.29 is 13.2 Å². The van der Waals surface area contributed by atoms with Crippen LogP contribution in [0.15, 0.2) is 47.4 Å². The summed E-state index contributed by atoms with van der Waals surface area (Å²) in [5, 5.41) is 1.94. The fourth-order valence-corrected chi connectivity index (χ4v) is 5.29. The van der Waals surface area contributed by atoms with Crippen molar-refractivity contribution in [1.29, 1.82) is 0 Å². The van der Waals surface area contributed by atoms with E-state index in [9.17, 15) is 13.2 Å². The van der Waals surface area contributed by atoms with Crippen molar-refractivity contribution in [3.63, 3.8) is 0 Å². The van der Waals surface area contributed by atoms with Gasteiger partial charge in [0.05, 0.1) is 4.90 Å². The molecule has 0 aliphatic carbocycles. The maximum atomic E-state index is 13.1. The molecule has 2 aromatic rings. The summed E-state index contributed by atoms with van der Waals surface area (Å²) >= 11 is 0. The second kappa shape index (κ2) is 9.05. The number of unbranched alkanes of at least 4 members (excludes halogenated alkanes) is 1. The van der Waals surface area contributed by atoms with Gasteiger partial charge in [-0.1, -0.05) is 57.0 Å². The van der Waals surface area contributed by atoms with Crippen LogP contribution in [0.2, 0.25) is 0 Å². The van der Waals surface area contributed by atoms with E-state index in [1.165, 1.54) is 4.31 Å². The average Bonchev–Trinajstić information content (AvgIpc) is 2.73. The maximum Gasteiger partial charge on any atom is 0.243 e. The lowest BCUT2D eigenvalue weighted by atomic mass is 9.97. The number of hydrogen-bond acceptors (Lipinski definition) is 3. The Hall–Kier alpha value is -1.92. The molecule has 1 aliphatic rings. The van der Waals surface area contributed by atoms with Crippen LogP contribution in [0.1, 0.15) is 39.5 Å². The SMILES string of the molecule is CCCCC(CC)C(=O)N1CCN(S(=O)(=O)c2ccc3ccccc3c2)CC1. The zero-order chi connectivity index (χ0) is 20.1. The first-order valence-electron chi connectivity index (χ1n) is 10.2. The van der Waals surface area contributed by atoms with Gasteiger partial charge in [-0.05, 0) is 35.7 Å². The van der Waals surface area contributed by atoms with Crippen LogP contribution in [0.25, 0.3) is 10.8 Å². The molecular formula is C22H30N2O3S. The Morgan fingerprint density at radius 1 is 1.00 bits per heavy atom. The van der Waals surface area contributed by atoms with Crippen molar-refractivity contribution in [3.8, 4) is 0 Å². The first kappa shape index (κ1) is 20.8. The summed E-state index contributed by atoms with van der Waals surface area (Å²) in [6, 6.07) is 13.0. The van der Waals surface area contributed by atoms with Crippen LogP contribution < -0.4 is 0 Å². The number of hydrogen-bond donors (Lipinski definition) is 0. The monoisotopic (exact) mass is 402 g/mol. The van der Waals surface area contributed by atoms with Crippen molar-refractivity contribution in [1.82, 2.24) is 9.21 Å². The van der Waals surface area contributed by atoms with Gasteiger partial charge in [0.25, 0.3) is 0 Å². The second-order valence-corrected chi connectivity index (χ2v) is 9.42. The van der Waals surface area contributed by atoms with Crippen molar-refractivity contribution in [2.45, 2.75) is 44.4 Å². The fraction of sp³-hybridized carbons (Fsp3) is 0.500. The molecule has 6 heteroatoms. The Balaban J connectivity index is 1.68. The Morgan fingerprint density at radius 3 is 2.32 bits per heavy atom. The summed E-state index contributed by atoms with van der Waals surface area (Å²) in [6.07, 6.45) is 3.90. The lowest BCUT2D eigenvalue weighted by molar-refractivity contribution is -0.137. The topological polar surface area (TPSA) is 57.7 Å². The van der Waals surface area contributed by atoms with Gasteiger partial charge in [0.1, 0.15) is 0 Å². The fourth-order valence-electron chi connectivity index (χ4n) is 3.84. The van der Waals surface area contributed by atoms with E-state index in [-0.39, 0.29) is 11.8 Å². The minimum atomic E-state index is -3.55. The molecule has 1 aliphatic heterocycles. The predicted octanol–water partition coefficient (Wildman–Crippen LogP) is 3.89. The molecule has 0 N–H and O–H groups in total. The van der Waals surface area contributed by atoms with E-state index >= 15 is 0 Å². The number of carbonyl (C=O) groups is 1. The summed E-state index contributed by atoms with van der Waals surface area (Å²) < 4.78 is 27.6. The van der Waals surface area contributed by atoms with Gasteiger partial charge in [0, 0.05) is 32.1 Å². The van der Waals surface area contributed by atoms with E-state index < -0.39 is 10.0 Å². The summed E-state index contributed by atoms with van der Waals surface area (Å²) in [6.45, 7) is 5.82. The minimum Gasteiger partial charge on any atom is -0.340 e. The van der Waals surface area contributed by atoms with Gasteiger partial charge < -0.3 is 4.90 Å². The molecule has 0 aromatic heterocycles. The average molecular weight is 403 g/mol. The van der Waals surface area contributed by atoms with Crippen LogP contribution in [-0.2, 0) is 14.8 Å². The number of nitrogens with zero attached hydrogens (tertiary/aromatic N) is 2. The van der Waals surface area contributed by atoms with Crippen LogP contribution in [0.3, 0.4) is 0 Å². The lowest BCUT2D eigenvalue weighted by Crippen LogP contribution is -2.51. The predicted molar refractivity (Wildman–Crippen MR) is 113 cm³/mol.